The lowest BCUT2D eigenvalue weighted by atomic mass is 10.1. The van der Waals surface area contributed by atoms with E-state index in [1.165, 1.54) is 36.3 Å². The summed E-state index contributed by atoms with van der Waals surface area (Å²) in [6.45, 7) is 0.375. The second-order valence-electron chi connectivity index (χ2n) is 7.87. The van der Waals surface area contributed by atoms with Gasteiger partial charge in [-0.1, -0.05) is 35.3 Å². The predicted molar refractivity (Wildman–Crippen MR) is 132 cm³/mol. The fourth-order valence-electron chi connectivity index (χ4n) is 3.69. The van der Waals surface area contributed by atoms with E-state index in [9.17, 15) is 14.0 Å². The Balaban J connectivity index is 1.41. The smallest absolute Gasteiger partial charge is 0.243 e. The fourth-order valence-corrected chi connectivity index (χ4v) is 4.01. The standard InChI is InChI=1S/C25H22Cl2FN3O4/c1-34-22-4-2-3-21(24(22)35-14-15-5-10-19(26)20(27)11-15)29-30-25(33)16-12-23(32)31(13-16)18-8-6-17(28)7-9-18/h2-11,16,29H,12-14H2,1H3,(H,30,33)/t16-/m0/s1. The number of ether oxygens (including phenoxy) is 2. The zero-order chi connectivity index (χ0) is 24.9. The molecule has 0 bridgehead atoms. The molecule has 0 saturated carbocycles. The minimum absolute atomic E-state index is 0.0453. The van der Waals surface area contributed by atoms with Gasteiger partial charge in [-0.05, 0) is 54.1 Å². The van der Waals surface area contributed by atoms with Crippen molar-refractivity contribution in [2.75, 3.05) is 24.0 Å². The van der Waals surface area contributed by atoms with Crippen LogP contribution < -0.4 is 25.2 Å². The van der Waals surface area contributed by atoms with E-state index in [1.54, 1.807) is 36.4 Å². The highest BCUT2D eigenvalue weighted by Gasteiger charge is 2.35. The maximum absolute atomic E-state index is 13.2. The summed E-state index contributed by atoms with van der Waals surface area (Å²) in [6, 6.07) is 16.0. The first kappa shape index (κ1) is 24.6. The Morgan fingerprint density at radius 2 is 1.89 bits per heavy atom. The van der Waals surface area contributed by atoms with E-state index in [-0.39, 0.29) is 31.4 Å². The summed E-state index contributed by atoms with van der Waals surface area (Å²) >= 11 is 12.1. The number of benzene rings is 3. The lowest BCUT2D eigenvalue weighted by Crippen LogP contribution is -2.36. The van der Waals surface area contributed by atoms with Crippen LogP contribution >= 0.6 is 23.2 Å². The van der Waals surface area contributed by atoms with Crippen LogP contribution in [0.15, 0.2) is 60.7 Å². The van der Waals surface area contributed by atoms with Gasteiger partial charge in [0, 0.05) is 18.7 Å². The molecular formula is C25H22Cl2FN3O4. The van der Waals surface area contributed by atoms with Gasteiger partial charge in [0.15, 0.2) is 11.5 Å². The number of hydrazine groups is 1. The fraction of sp³-hybridized carbons (Fsp3) is 0.200. The zero-order valence-corrected chi connectivity index (χ0v) is 20.2. The summed E-state index contributed by atoms with van der Waals surface area (Å²) in [5.74, 6) is -0.690. The van der Waals surface area contributed by atoms with Crippen molar-refractivity contribution in [2.24, 2.45) is 5.92 Å². The maximum atomic E-state index is 13.2. The van der Waals surface area contributed by atoms with Gasteiger partial charge in [0.25, 0.3) is 0 Å². The van der Waals surface area contributed by atoms with Crippen LogP contribution in [0.4, 0.5) is 15.8 Å². The summed E-state index contributed by atoms with van der Waals surface area (Å²) < 4.78 is 24.6. The van der Waals surface area contributed by atoms with E-state index in [2.05, 4.69) is 10.9 Å². The summed E-state index contributed by atoms with van der Waals surface area (Å²) in [5.41, 5.74) is 7.33. The first-order valence-electron chi connectivity index (χ1n) is 10.7. The van der Waals surface area contributed by atoms with Crippen molar-refractivity contribution in [2.45, 2.75) is 13.0 Å². The van der Waals surface area contributed by atoms with Crippen LogP contribution in [0.3, 0.4) is 0 Å². The van der Waals surface area contributed by atoms with E-state index in [1.807, 2.05) is 0 Å². The highest BCUT2D eigenvalue weighted by molar-refractivity contribution is 6.42. The van der Waals surface area contributed by atoms with Crippen molar-refractivity contribution in [3.05, 3.63) is 82.1 Å². The van der Waals surface area contributed by atoms with Gasteiger partial charge in [-0.2, -0.15) is 0 Å². The lowest BCUT2D eigenvalue weighted by Gasteiger charge is -2.19. The van der Waals surface area contributed by atoms with Gasteiger partial charge in [0.2, 0.25) is 11.8 Å². The van der Waals surface area contributed by atoms with Gasteiger partial charge < -0.3 is 14.4 Å². The van der Waals surface area contributed by atoms with Crippen molar-refractivity contribution in [3.63, 3.8) is 0 Å². The van der Waals surface area contributed by atoms with E-state index in [0.717, 1.165) is 5.56 Å². The second kappa shape index (κ2) is 10.8. The monoisotopic (exact) mass is 517 g/mol. The predicted octanol–water partition coefficient (Wildman–Crippen LogP) is 5.22. The van der Waals surface area contributed by atoms with Crippen molar-refractivity contribution in [1.29, 1.82) is 0 Å². The number of halogens is 3. The van der Waals surface area contributed by atoms with Crippen molar-refractivity contribution >= 4 is 46.4 Å². The molecular weight excluding hydrogens is 496 g/mol. The van der Waals surface area contributed by atoms with Crippen LogP contribution in [0, 0.1) is 11.7 Å². The van der Waals surface area contributed by atoms with E-state index in [4.69, 9.17) is 32.7 Å². The third-order valence-electron chi connectivity index (χ3n) is 5.52. The number of nitrogens with zero attached hydrogens (tertiary/aromatic N) is 1. The molecule has 1 saturated heterocycles. The third kappa shape index (κ3) is 5.78. The molecule has 0 unspecified atom stereocenters. The number of methoxy groups -OCH3 is 1. The number of amides is 2. The number of nitrogens with one attached hydrogen (secondary N) is 2. The molecule has 2 N–H and O–H groups in total. The number of hydrogen-bond donors (Lipinski definition) is 2. The van der Waals surface area contributed by atoms with Gasteiger partial charge >= 0.3 is 0 Å². The molecule has 0 spiro atoms. The molecule has 1 heterocycles. The quantitative estimate of drug-likeness (QED) is 0.400. The van der Waals surface area contributed by atoms with Crippen LogP contribution in [0.1, 0.15) is 12.0 Å². The number of para-hydroxylation sites is 1. The summed E-state index contributed by atoms with van der Waals surface area (Å²) in [7, 11) is 1.51. The molecule has 0 radical (unpaired) electrons. The first-order chi connectivity index (χ1) is 16.9. The molecule has 1 atom stereocenters. The Bertz CT molecular complexity index is 1240. The van der Waals surface area contributed by atoms with Gasteiger partial charge in [-0.15, -0.1) is 0 Å². The molecule has 7 nitrogen and oxygen atoms in total. The molecule has 0 aromatic heterocycles. The molecule has 0 aliphatic carbocycles. The van der Waals surface area contributed by atoms with Gasteiger partial charge in [0.1, 0.15) is 12.4 Å². The van der Waals surface area contributed by atoms with Gasteiger partial charge in [0.05, 0.1) is 28.8 Å². The van der Waals surface area contributed by atoms with Crippen molar-refractivity contribution < 1.29 is 23.5 Å². The van der Waals surface area contributed by atoms with Crippen LogP contribution in [-0.4, -0.2) is 25.5 Å². The SMILES string of the molecule is COc1cccc(NNC(=O)[C@H]2CC(=O)N(c3ccc(F)cc3)C2)c1OCc1ccc(Cl)c(Cl)c1. The average molecular weight is 518 g/mol. The summed E-state index contributed by atoms with van der Waals surface area (Å²) in [5, 5.41) is 0.861. The van der Waals surface area contributed by atoms with Crippen LogP contribution in [0.2, 0.25) is 10.0 Å². The van der Waals surface area contributed by atoms with Crippen LogP contribution in [0.25, 0.3) is 0 Å². The van der Waals surface area contributed by atoms with Crippen LogP contribution in [-0.2, 0) is 16.2 Å². The topological polar surface area (TPSA) is 79.9 Å². The molecule has 35 heavy (non-hydrogen) atoms. The number of hydrogen-bond acceptors (Lipinski definition) is 5. The largest absolute Gasteiger partial charge is 0.493 e. The Kier molecular flexibility index (Phi) is 7.63. The minimum Gasteiger partial charge on any atom is -0.493 e. The zero-order valence-electron chi connectivity index (χ0n) is 18.7. The maximum Gasteiger partial charge on any atom is 0.243 e. The minimum atomic E-state index is -0.578. The Labute approximate surface area is 211 Å². The molecule has 3 aromatic rings. The first-order valence-corrected chi connectivity index (χ1v) is 11.5. The summed E-state index contributed by atoms with van der Waals surface area (Å²) in [4.78, 5) is 26.7. The Morgan fingerprint density at radius 1 is 1.11 bits per heavy atom. The summed E-state index contributed by atoms with van der Waals surface area (Å²) in [6.07, 6.45) is 0.0453. The van der Waals surface area contributed by atoms with E-state index in [0.29, 0.717) is 32.9 Å². The molecule has 4 rings (SSSR count). The molecule has 1 aliphatic rings. The molecule has 2 amide bonds. The molecule has 182 valence electrons. The molecule has 10 heteroatoms. The number of anilines is 2. The molecule has 1 aliphatic heterocycles. The Hall–Kier alpha value is -3.49. The Morgan fingerprint density at radius 3 is 2.60 bits per heavy atom. The second-order valence-corrected chi connectivity index (χ2v) is 8.68. The normalized spacial score (nSPS) is 15.1. The van der Waals surface area contributed by atoms with Crippen LogP contribution in [0.5, 0.6) is 11.5 Å². The molecule has 1 fully saturated rings. The average Bonchev–Trinajstić information content (AvgIpc) is 3.25. The highest BCUT2D eigenvalue weighted by Crippen LogP contribution is 2.36. The number of carbonyl (C=O) groups excluding carboxylic acids is 2. The van der Waals surface area contributed by atoms with Crippen molar-refractivity contribution in [1.82, 2.24) is 5.43 Å². The lowest BCUT2D eigenvalue weighted by molar-refractivity contribution is -0.125. The van der Waals surface area contributed by atoms with Gasteiger partial charge in [-0.25, -0.2) is 4.39 Å². The van der Waals surface area contributed by atoms with E-state index < -0.39 is 11.7 Å². The van der Waals surface area contributed by atoms with E-state index >= 15 is 0 Å². The number of carbonyl (C=O) groups is 2. The highest BCUT2D eigenvalue weighted by atomic mass is 35.5. The molecule has 3 aromatic carbocycles. The third-order valence-corrected chi connectivity index (χ3v) is 6.26. The van der Waals surface area contributed by atoms with Crippen molar-refractivity contribution in [3.8, 4) is 11.5 Å². The number of rotatable bonds is 8. The van der Waals surface area contributed by atoms with Gasteiger partial charge in [-0.3, -0.25) is 20.4 Å².